The summed E-state index contributed by atoms with van der Waals surface area (Å²) in [5.74, 6) is 0.957. The second-order valence-electron chi connectivity index (χ2n) is 6.77. The molecular formula is C20H19Br2N5S. The fraction of sp³-hybridized carbons (Fsp3) is 0.250. The van der Waals surface area contributed by atoms with E-state index in [1.165, 1.54) is 0 Å². The summed E-state index contributed by atoms with van der Waals surface area (Å²) in [4.78, 5) is 2.31. The molecule has 1 fully saturated rings. The van der Waals surface area contributed by atoms with Gasteiger partial charge in [0.1, 0.15) is 0 Å². The van der Waals surface area contributed by atoms with Crippen LogP contribution in [0.5, 0.6) is 0 Å². The van der Waals surface area contributed by atoms with Gasteiger partial charge in [0.2, 0.25) is 0 Å². The fourth-order valence-electron chi connectivity index (χ4n) is 3.43. The molecule has 4 rings (SSSR count). The van der Waals surface area contributed by atoms with Crippen molar-refractivity contribution in [3.8, 4) is 0 Å². The molecule has 28 heavy (non-hydrogen) atoms. The number of fused-ring (bicyclic) bond motifs is 1. The predicted octanol–water partition coefficient (Wildman–Crippen LogP) is 5.11. The number of piperidine rings is 1. The minimum absolute atomic E-state index is 0.348. The number of aromatic nitrogens is 2. The summed E-state index contributed by atoms with van der Waals surface area (Å²) < 4.78 is 2.07. The highest BCUT2D eigenvalue weighted by atomic mass is 79.9. The molecule has 2 N–H and O–H groups in total. The largest absolute Gasteiger partial charge is 0.360 e. The quantitative estimate of drug-likeness (QED) is 0.468. The van der Waals surface area contributed by atoms with Crippen LogP contribution in [0.3, 0.4) is 0 Å². The van der Waals surface area contributed by atoms with Gasteiger partial charge < -0.3 is 15.5 Å². The Labute approximate surface area is 186 Å². The van der Waals surface area contributed by atoms with E-state index in [2.05, 4.69) is 69.7 Å². The molecule has 1 aromatic heterocycles. The molecule has 0 amide bonds. The Morgan fingerprint density at radius 2 is 1.86 bits per heavy atom. The highest BCUT2D eigenvalue weighted by molar-refractivity contribution is 9.10. The minimum atomic E-state index is 0.348. The average Bonchev–Trinajstić information content (AvgIpc) is 2.68. The molecule has 3 aromatic rings. The Balaban J connectivity index is 1.37. The zero-order valence-electron chi connectivity index (χ0n) is 15.0. The molecule has 0 radical (unpaired) electrons. The van der Waals surface area contributed by atoms with Gasteiger partial charge in [-0.15, -0.1) is 5.10 Å². The fourth-order valence-corrected chi connectivity index (χ4v) is 4.49. The Morgan fingerprint density at radius 1 is 1.07 bits per heavy atom. The van der Waals surface area contributed by atoms with Crippen molar-refractivity contribution in [3.05, 3.63) is 57.6 Å². The number of rotatable bonds is 3. The zero-order valence-corrected chi connectivity index (χ0v) is 19.0. The Hall–Kier alpha value is -1.77. The van der Waals surface area contributed by atoms with Gasteiger partial charge in [0.05, 0.1) is 6.20 Å². The van der Waals surface area contributed by atoms with Crippen LogP contribution in [-0.4, -0.2) is 34.4 Å². The van der Waals surface area contributed by atoms with Crippen LogP contribution in [0.4, 0.5) is 11.5 Å². The zero-order chi connectivity index (χ0) is 19.5. The molecule has 2 aromatic carbocycles. The van der Waals surface area contributed by atoms with E-state index < -0.39 is 0 Å². The summed E-state index contributed by atoms with van der Waals surface area (Å²) in [7, 11) is 0. The third-order valence-corrected chi connectivity index (χ3v) is 6.02. The number of halogens is 2. The van der Waals surface area contributed by atoms with Crippen molar-refractivity contribution in [1.82, 2.24) is 15.5 Å². The maximum atomic E-state index is 5.48. The van der Waals surface area contributed by atoms with E-state index in [9.17, 15) is 0 Å². The summed E-state index contributed by atoms with van der Waals surface area (Å²) in [5.41, 5.74) is 0.974. The van der Waals surface area contributed by atoms with Crippen molar-refractivity contribution in [3.63, 3.8) is 0 Å². The lowest BCUT2D eigenvalue weighted by atomic mass is 10.0. The standard InChI is InChI=1S/C20H19Br2N5S/c21-14-2-1-3-17(11-14)25-20(28)24-16-6-8-27(9-7-16)19-18-5-4-15(22)10-13(18)12-23-26-19/h1-5,10-12,16H,6-9H2,(H2,24,25,28). The van der Waals surface area contributed by atoms with Crippen molar-refractivity contribution in [2.45, 2.75) is 18.9 Å². The first-order chi connectivity index (χ1) is 13.6. The molecule has 0 unspecified atom stereocenters. The Kier molecular flexibility index (Phi) is 6.08. The van der Waals surface area contributed by atoms with E-state index in [4.69, 9.17) is 12.2 Å². The highest BCUT2D eigenvalue weighted by Gasteiger charge is 2.22. The Bertz CT molecular complexity index is 1000. The second-order valence-corrected chi connectivity index (χ2v) is 9.01. The number of hydrogen-bond acceptors (Lipinski definition) is 4. The summed E-state index contributed by atoms with van der Waals surface area (Å²) in [5, 5.41) is 18.2. The lowest BCUT2D eigenvalue weighted by molar-refractivity contribution is 0.466. The number of hydrogen-bond donors (Lipinski definition) is 2. The monoisotopic (exact) mass is 519 g/mol. The van der Waals surface area contributed by atoms with Crippen molar-refractivity contribution < 1.29 is 0 Å². The van der Waals surface area contributed by atoms with Gasteiger partial charge in [-0.3, -0.25) is 0 Å². The van der Waals surface area contributed by atoms with Gasteiger partial charge in [-0.1, -0.05) is 37.9 Å². The van der Waals surface area contributed by atoms with Crippen LogP contribution in [-0.2, 0) is 0 Å². The molecule has 1 aliphatic rings. The van der Waals surface area contributed by atoms with Crippen molar-refractivity contribution >= 4 is 71.5 Å². The van der Waals surface area contributed by atoms with E-state index in [1.54, 1.807) is 0 Å². The molecule has 0 saturated carbocycles. The summed E-state index contributed by atoms with van der Waals surface area (Å²) >= 11 is 12.5. The van der Waals surface area contributed by atoms with Crippen LogP contribution in [0, 0.1) is 0 Å². The highest BCUT2D eigenvalue weighted by Crippen LogP contribution is 2.28. The van der Waals surface area contributed by atoms with Crippen LogP contribution < -0.4 is 15.5 Å². The predicted molar refractivity (Wildman–Crippen MR) is 126 cm³/mol. The third-order valence-electron chi connectivity index (χ3n) is 4.82. The molecule has 8 heteroatoms. The van der Waals surface area contributed by atoms with Crippen LogP contribution in [0.2, 0.25) is 0 Å². The molecule has 5 nitrogen and oxygen atoms in total. The lowest BCUT2D eigenvalue weighted by Crippen LogP contribution is -2.46. The molecule has 1 saturated heterocycles. The molecule has 144 valence electrons. The van der Waals surface area contributed by atoms with E-state index in [0.717, 1.165) is 57.2 Å². The Morgan fingerprint density at radius 3 is 2.64 bits per heavy atom. The lowest BCUT2D eigenvalue weighted by Gasteiger charge is -2.34. The first-order valence-electron chi connectivity index (χ1n) is 9.07. The van der Waals surface area contributed by atoms with Crippen molar-refractivity contribution in [2.24, 2.45) is 0 Å². The van der Waals surface area contributed by atoms with Crippen LogP contribution in [0.1, 0.15) is 12.8 Å². The average molecular weight is 521 g/mol. The molecule has 2 heterocycles. The number of nitrogens with one attached hydrogen (secondary N) is 2. The maximum absolute atomic E-state index is 5.48. The topological polar surface area (TPSA) is 53.1 Å². The van der Waals surface area contributed by atoms with Crippen molar-refractivity contribution in [2.75, 3.05) is 23.3 Å². The molecule has 0 atom stereocenters. The van der Waals surface area contributed by atoms with Gasteiger partial charge in [-0.25, -0.2) is 0 Å². The molecule has 1 aliphatic heterocycles. The summed E-state index contributed by atoms with van der Waals surface area (Å²) in [6.07, 6.45) is 3.80. The van der Waals surface area contributed by atoms with E-state index in [0.29, 0.717) is 11.2 Å². The number of nitrogens with zero attached hydrogens (tertiary/aromatic N) is 3. The first-order valence-corrected chi connectivity index (χ1v) is 11.1. The van der Waals surface area contributed by atoms with Gasteiger partial charge in [0.25, 0.3) is 0 Å². The van der Waals surface area contributed by atoms with E-state index >= 15 is 0 Å². The maximum Gasteiger partial charge on any atom is 0.170 e. The molecule has 0 aliphatic carbocycles. The van der Waals surface area contributed by atoms with E-state index in [1.807, 2.05) is 36.5 Å². The van der Waals surface area contributed by atoms with Crippen LogP contribution in [0.15, 0.2) is 57.6 Å². The van der Waals surface area contributed by atoms with Gasteiger partial charge in [-0.05, 0) is 61.5 Å². The van der Waals surface area contributed by atoms with Gasteiger partial charge in [-0.2, -0.15) is 5.10 Å². The SMILES string of the molecule is S=C(Nc1cccc(Br)c1)NC1CCN(c2nncc3cc(Br)ccc23)CC1. The summed E-state index contributed by atoms with van der Waals surface area (Å²) in [6.45, 7) is 1.84. The van der Waals surface area contributed by atoms with Gasteiger partial charge in [0.15, 0.2) is 10.9 Å². The molecule has 0 bridgehead atoms. The second kappa shape index (κ2) is 8.71. The van der Waals surface area contributed by atoms with Crippen molar-refractivity contribution in [1.29, 1.82) is 0 Å². The molecular weight excluding hydrogens is 502 g/mol. The smallest absolute Gasteiger partial charge is 0.170 e. The first kappa shape index (κ1) is 19.5. The van der Waals surface area contributed by atoms with Gasteiger partial charge in [0, 0.05) is 44.5 Å². The number of thiocarbonyl (C=S) groups is 1. The third kappa shape index (κ3) is 4.61. The van der Waals surface area contributed by atoms with Gasteiger partial charge >= 0.3 is 0 Å². The van der Waals surface area contributed by atoms with E-state index in [-0.39, 0.29) is 0 Å². The van der Waals surface area contributed by atoms with Crippen LogP contribution in [0.25, 0.3) is 10.8 Å². The number of benzene rings is 2. The molecule has 0 spiro atoms. The minimum Gasteiger partial charge on any atom is -0.360 e. The normalized spacial score (nSPS) is 14.9. The number of anilines is 2. The summed E-state index contributed by atoms with van der Waals surface area (Å²) in [6, 6.07) is 14.6. The van der Waals surface area contributed by atoms with Crippen LogP contribution >= 0.6 is 44.1 Å².